The Hall–Kier alpha value is -2.97. The third-order valence-corrected chi connectivity index (χ3v) is 11.9. The van der Waals surface area contributed by atoms with Gasteiger partial charge in [0.2, 0.25) is 0 Å². The second kappa shape index (κ2) is 6.12. The van der Waals surface area contributed by atoms with Crippen molar-refractivity contribution in [3.8, 4) is 11.4 Å². The van der Waals surface area contributed by atoms with Crippen molar-refractivity contribution in [3.05, 3.63) is 50.8 Å². The Morgan fingerprint density at radius 2 is 2.03 bits per heavy atom. The summed E-state index contributed by atoms with van der Waals surface area (Å²) in [6.45, 7) is 2.17. The van der Waals surface area contributed by atoms with Gasteiger partial charge in [-0.15, -0.1) is 0 Å². The van der Waals surface area contributed by atoms with E-state index in [1.165, 1.54) is 22.9 Å². The number of benzene rings is 1. The monoisotopic (exact) mass is 459 g/mol. The maximum atomic E-state index is 13.6. The number of carbonyl (C=O) groups is 1. The van der Waals surface area contributed by atoms with Gasteiger partial charge in [0.1, 0.15) is 6.61 Å². The molecule has 1 aromatic carbocycles. The molecule has 0 amide bonds. The summed E-state index contributed by atoms with van der Waals surface area (Å²) in [6, 6.07) is 6.06. The second-order valence-electron chi connectivity index (χ2n) is 10.1. The van der Waals surface area contributed by atoms with Crippen molar-refractivity contribution in [3.63, 3.8) is 0 Å². The Morgan fingerprint density at radius 1 is 1.21 bits per heavy atom. The van der Waals surface area contributed by atoms with Crippen molar-refractivity contribution in [1.29, 1.82) is 0 Å². The van der Waals surface area contributed by atoms with Crippen LogP contribution in [-0.4, -0.2) is 28.3 Å². The van der Waals surface area contributed by atoms with Crippen molar-refractivity contribution in [1.82, 2.24) is 9.55 Å². The van der Waals surface area contributed by atoms with Gasteiger partial charge in [-0.05, 0) is 71.7 Å². The number of aryl methyl sites for hydroxylation is 1. The first-order valence-electron chi connectivity index (χ1n) is 11.8. The zero-order valence-electron chi connectivity index (χ0n) is 18.5. The maximum Gasteiger partial charge on any atom is 0.347 e. The normalized spacial score (nSPS) is 23.6. The Kier molecular flexibility index (Phi) is 3.62. The predicted octanol–water partition coefficient (Wildman–Crippen LogP) is 2.77. The van der Waals surface area contributed by atoms with Crippen molar-refractivity contribution < 1.29 is 14.3 Å². The Balaban J connectivity index is 1.57. The zero-order valence-corrected chi connectivity index (χ0v) is 19.5. The number of nitrogen functional groups attached to an aromatic ring is 1. The Labute approximate surface area is 191 Å². The van der Waals surface area contributed by atoms with E-state index in [1.807, 2.05) is 18.2 Å². The van der Waals surface area contributed by atoms with Gasteiger partial charge >= 0.3 is 13.9 Å². The zero-order chi connectivity index (χ0) is 22.7. The third-order valence-electron chi connectivity index (χ3n) is 8.69. The molecular weight excluding hydrogens is 434 g/mol. The molecule has 7 nitrogen and oxygen atoms in total. The summed E-state index contributed by atoms with van der Waals surface area (Å²) in [6.07, 6.45) is 5.56. The predicted molar refractivity (Wildman–Crippen MR) is 127 cm³/mol. The van der Waals surface area contributed by atoms with E-state index in [4.69, 9.17) is 15.5 Å². The number of fused-ring (bicyclic) bond motifs is 6. The summed E-state index contributed by atoms with van der Waals surface area (Å²) in [5.41, 5.74) is 13.1. The van der Waals surface area contributed by atoms with Crippen LogP contribution < -0.4 is 16.5 Å². The minimum absolute atomic E-state index is 0.0776. The van der Waals surface area contributed by atoms with Gasteiger partial charge < -0.3 is 19.8 Å². The standard InChI is InChI=1S/C25H25N3O4Si/c1-2-33(31)19-10-18-22-14(11-28(18)23(29)15(19)12-32-24(33)30)21-20-13(6-9-25(21)7-3-8-25)16(26)4-5-17(20)27-22/h4-5,10,31H,2-3,6-9,11-12,26H2,1H3/t33-/m0/s1. The second-order valence-corrected chi connectivity index (χ2v) is 13.5. The van der Waals surface area contributed by atoms with Crippen LogP contribution in [0.15, 0.2) is 23.0 Å². The van der Waals surface area contributed by atoms with Gasteiger partial charge in [0.25, 0.3) is 5.56 Å². The molecule has 0 radical (unpaired) electrons. The molecule has 33 heavy (non-hydrogen) atoms. The molecule has 2 aliphatic carbocycles. The number of cyclic esters (lactones) is 1. The summed E-state index contributed by atoms with van der Waals surface area (Å²) in [4.78, 5) is 42.4. The lowest BCUT2D eigenvalue weighted by molar-refractivity contribution is 0.156. The largest absolute Gasteiger partial charge is 0.463 e. The van der Waals surface area contributed by atoms with Crippen LogP contribution in [0.2, 0.25) is 6.04 Å². The molecule has 3 N–H and O–H groups in total. The molecule has 8 heteroatoms. The highest BCUT2D eigenvalue weighted by atomic mass is 28.4. The third kappa shape index (κ3) is 2.21. The molecule has 0 saturated heterocycles. The summed E-state index contributed by atoms with van der Waals surface area (Å²) < 4.78 is 7.03. The van der Waals surface area contributed by atoms with Crippen molar-refractivity contribution in [2.75, 3.05) is 5.73 Å². The van der Waals surface area contributed by atoms with E-state index in [0.29, 0.717) is 23.0 Å². The number of rotatable bonds is 1. The van der Waals surface area contributed by atoms with Crippen molar-refractivity contribution in [2.45, 2.75) is 63.6 Å². The molecular formula is C25H25N3O4Si. The SMILES string of the molecule is CC[Si@@]1(O)C(=O)OCc2c1cc1n(c2=O)Cc2c-1nc1ccc(N)c3c1c2C1(CCC1)CC3. The molecule has 2 aromatic heterocycles. The average molecular weight is 460 g/mol. The van der Waals surface area contributed by atoms with Crippen LogP contribution in [0.5, 0.6) is 0 Å². The first-order valence-corrected chi connectivity index (χ1v) is 13.9. The van der Waals surface area contributed by atoms with Gasteiger partial charge in [-0.1, -0.05) is 13.3 Å². The number of nitrogens with two attached hydrogens (primary N) is 1. The lowest BCUT2D eigenvalue weighted by Crippen LogP contribution is -2.61. The van der Waals surface area contributed by atoms with Gasteiger partial charge in [-0.25, -0.2) is 4.98 Å². The summed E-state index contributed by atoms with van der Waals surface area (Å²) >= 11 is 0. The number of aromatic nitrogens is 2. The molecule has 2 aliphatic heterocycles. The fourth-order valence-corrected chi connectivity index (χ4v) is 8.96. The van der Waals surface area contributed by atoms with Gasteiger partial charge in [-0.2, -0.15) is 0 Å². The number of nitrogens with zero attached hydrogens (tertiary/aromatic N) is 2. The maximum absolute atomic E-state index is 13.6. The van der Waals surface area contributed by atoms with Crippen LogP contribution in [-0.2, 0) is 29.7 Å². The first-order chi connectivity index (χ1) is 15.9. The summed E-state index contributed by atoms with van der Waals surface area (Å²) in [7, 11) is -3.55. The number of hydrogen-bond acceptors (Lipinski definition) is 6. The van der Waals surface area contributed by atoms with E-state index < -0.39 is 13.9 Å². The first kappa shape index (κ1) is 19.5. The molecule has 0 unspecified atom stereocenters. The summed E-state index contributed by atoms with van der Waals surface area (Å²) in [5.74, 6) is 0. The average Bonchev–Trinajstić information content (AvgIpc) is 3.16. The van der Waals surface area contributed by atoms with Crippen LogP contribution in [0.25, 0.3) is 22.3 Å². The lowest BCUT2D eigenvalue weighted by Gasteiger charge is -2.47. The highest BCUT2D eigenvalue weighted by Crippen LogP contribution is 2.56. The van der Waals surface area contributed by atoms with Gasteiger partial charge in [-0.3, -0.25) is 9.59 Å². The number of hydrogen-bond donors (Lipinski definition) is 2. The Bertz CT molecular complexity index is 1490. The molecule has 1 fully saturated rings. The van der Waals surface area contributed by atoms with E-state index in [1.54, 1.807) is 11.5 Å². The number of anilines is 1. The van der Waals surface area contributed by atoms with Crippen molar-refractivity contribution >= 4 is 35.7 Å². The minimum atomic E-state index is -3.55. The molecule has 0 bridgehead atoms. The highest BCUT2D eigenvalue weighted by Gasteiger charge is 2.50. The topological polar surface area (TPSA) is 107 Å². The smallest absolute Gasteiger partial charge is 0.347 e. The van der Waals surface area contributed by atoms with Gasteiger partial charge in [0.15, 0.2) is 0 Å². The Morgan fingerprint density at radius 3 is 2.76 bits per heavy atom. The molecule has 168 valence electrons. The lowest BCUT2D eigenvalue weighted by atomic mass is 9.57. The van der Waals surface area contributed by atoms with E-state index in [9.17, 15) is 14.4 Å². The van der Waals surface area contributed by atoms with Crippen LogP contribution in [0, 0.1) is 0 Å². The van der Waals surface area contributed by atoms with Gasteiger partial charge in [0, 0.05) is 16.6 Å². The number of pyridine rings is 2. The van der Waals surface area contributed by atoms with E-state index >= 15 is 0 Å². The number of carbonyl (C=O) groups excluding carboxylic acids is 1. The molecule has 4 aliphatic rings. The molecule has 4 heterocycles. The highest BCUT2D eigenvalue weighted by molar-refractivity contribution is 7.09. The molecule has 7 rings (SSSR count). The van der Waals surface area contributed by atoms with Crippen LogP contribution >= 0.6 is 0 Å². The summed E-state index contributed by atoms with van der Waals surface area (Å²) in [5, 5.41) is 1.68. The molecule has 1 atom stereocenters. The van der Waals surface area contributed by atoms with Gasteiger partial charge in [0.05, 0.1) is 29.0 Å². The van der Waals surface area contributed by atoms with Crippen LogP contribution in [0.1, 0.15) is 54.9 Å². The van der Waals surface area contributed by atoms with Crippen molar-refractivity contribution in [2.24, 2.45) is 0 Å². The molecule has 3 aromatic rings. The van der Waals surface area contributed by atoms with E-state index in [-0.39, 0.29) is 23.6 Å². The van der Waals surface area contributed by atoms with E-state index in [0.717, 1.165) is 48.1 Å². The fraction of sp³-hybridized carbons (Fsp3) is 0.400. The fourth-order valence-electron chi connectivity index (χ4n) is 6.71. The molecule has 1 saturated carbocycles. The van der Waals surface area contributed by atoms with E-state index in [2.05, 4.69) is 0 Å². The number of ether oxygens (including phenoxy) is 1. The van der Waals surface area contributed by atoms with Crippen LogP contribution in [0.3, 0.4) is 0 Å². The quantitative estimate of drug-likeness (QED) is 0.335. The van der Waals surface area contributed by atoms with Crippen LogP contribution in [0.4, 0.5) is 10.5 Å². The molecule has 1 spiro atoms. The minimum Gasteiger partial charge on any atom is -0.463 e.